The van der Waals surface area contributed by atoms with Gasteiger partial charge < -0.3 is 4.74 Å². The second-order valence-electron chi connectivity index (χ2n) is 14.3. The molecule has 0 N–H and O–H groups in total. The molecule has 0 aliphatic rings. The fraction of sp³-hybridized carbons (Fsp3) is 0.0465. The smallest absolute Gasteiger partial charge is 0.365 e. The first kappa shape index (κ1) is 52.7. The van der Waals surface area contributed by atoms with Crippen molar-refractivity contribution < 1.29 is 120 Å². The van der Waals surface area contributed by atoms with Gasteiger partial charge in [-0.2, -0.15) is 4.57 Å². The third-order valence-electron chi connectivity index (χ3n) is 10.5. The first-order valence-corrected chi connectivity index (χ1v) is 18.6. The van der Waals surface area contributed by atoms with Crippen molar-refractivity contribution in [2.24, 2.45) is 0 Å². The Balaban J connectivity index is 0.000000268. The Bertz CT molecular complexity index is 2970. The summed E-state index contributed by atoms with van der Waals surface area (Å²) in [5, 5.41) is 0.829. The van der Waals surface area contributed by atoms with Gasteiger partial charge in [-0.05, 0) is 11.5 Å². The number of rotatable bonds is 8. The lowest BCUT2D eigenvalue weighted by atomic mass is 9.12. The topological polar surface area (TPSA) is 47.2 Å². The second kappa shape index (κ2) is 19.3. The van der Waals surface area contributed by atoms with Crippen LogP contribution in [0.4, 0.5) is 101 Å². The summed E-state index contributed by atoms with van der Waals surface area (Å²) in [6, 6.07) is 16.4. The third kappa shape index (κ3) is 8.71. The average Bonchev–Trinajstić information content (AvgIpc) is 3.33. The summed E-state index contributed by atoms with van der Waals surface area (Å²) in [7, 11) is 0. The molecule has 6 aromatic carbocycles. The number of esters is 1. The number of Topliss-reactive ketones (excluding diaryl/α,β-unsaturated/α-hetero) is 1. The highest BCUT2D eigenvalue weighted by Gasteiger charge is 2.52. The van der Waals surface area contributed by atoms with Gasteiger partial charge in [-0.3, -0.25) is 4.79 Å². The van der Waals surface area contributed by atoms with Crippen LogP contribution in [0.15, 0.2) is 66.9 Å². The Kier molecular flexibility index (Phi) is 14.3. The van der Waals surface area contributed by atoms with Crippen LogP contribution in [0.25, 0.3) is 10.8 Å². The second-order valence-corrected chi connectivity index (χ2v) is 14.3. The minimum Gasteiger partial charge on any atom is -0.365 e. The van der Waals surface area contributed by atoms with Crippen molar-refractivity contribution >= 4 is 50.5 Å². The lowest BCUT2D eigenvalue weighted by Gasteiger charge is -2.44. The maximum absolute atomic E-state index is 15.4. The van der Waals surface area contributed by atoms with Crippen LogP contribution in [0.5, 0.6) is 0 Å². The maximum Gasteiger partial charge on any atom is 0.575 e. The van der Waals surface area contributed by atoms with E-state index in [4.69, 9.17) is 0 Å². The van der Waals surface area contributed by atoms with E-state index in [1.807, 2.05) is 0 Å². The van der Waals surface area contributed by atoms with Gasteiger partial charge in [-0.15, -0.1) is 35.0 Å². The van der Waals surface area contributed by atoms with Gasteiger partial charge in [-0.25, -0.2) is 92.6 Å². The molecule has 0 aliphatic carbocycles. The molecule has 372 valence electrons. The van der Waals surface area contributed by atoms with Crippen LogP contribution in [0, 0.1) is 116 Å². The lowest BCUT2D eigenvalue weighted by Crippen LogP contribution is -2.81. The Morgan fingerprint density at radius 3 is 1.03 bits per heavy atom. The lowest BCUT2D eigenvalue weighted by molar-refractivity contribution is -0.684. The molecule has 7 rings (SSSR count). The highest BCUT2D eigenvalue weighted by molar-refractivity contribution is 7.20. The van der Waals surface area contributed by atoms with Gasteiger partial charge in [0.05, 0.1) is 5.39 Å². The number of ether oxygens (including phenoxy) is 1. The average molecular weight is 1040 g/mol. The SMILES string of the molecule is Fc1c(F)c(F)c([B-](c2c(F)c(F)c(F)c(F)c2F)(c2c(F)c(F)c(F)c(F)c2F)c2c(F)c(F)c(F)c(F)c2F)c(F)c1F.O=C(C[n+]1ccc2ccccc2c1C(=O)OC(F)(F)F)c1ccccc1. The van der Waals surface area contributed by atoms with Crippen LogP contribution in [0.2, 0.25) is 0 Å². The summed E-state index contributed by atoms with van der Waals surface area (Å²) in [6.45, 7) is -0.295. The van der Waals surface area contributed by atoms with E-state index >= 15 is 35.1 Å². The number of alkyl halides is 3. The number of hydrogen-bond acceptors (Lipinski definition) is 3. The standard InChI is InChI=1S/C24BF20.C19H13F3NO3/c26-5-1(6(27)14(35)21(42)13(5)34)25(2-7(28)15(36)22(43)16(37)8(2)29,3-9(30)17(38)23(44)18(39)10(3)31)4-11(32)19(40)24(45)20(41)12(4)33;20-19(21,22)26-18(25)17-15-9-5-4-6-13(15)10-11-23(17)12-16(24)14-7-2-1-3-8-14/h;1-11H,12H2/q-1;+1. The summed E-state index contributed by atoms with van der Waals surface area (Å²) in [4.78, 5) is 24.6. The number of hydrogen-bond donors (Lipinski definition) is 0. The zero-order valence-electron chi connectivity index (χ0n) is 33.5. The number of fused-ring (bicyclic) bond motifs is 1. The first-order chi connectivity index (χ1) is 33.1. The number of nitrogens with zero attached hydrogens (tertiary/aromatic N) is 1. The van der Waals surface area contributed by atoms with Crippen molar-refractivity contribution in [2.75, 3.05) is 0 Å². The zero-order valence-corrected chi connectivity index (χ0v) is 33.5. The normalized spacial score (nSPS) is 11.8. The van der Waals surface area contributed by atoms with Gasteiger partial charge in [0.15, 0.2) is 76.0 Å². The molecule has 0 spiro atoms. The minimum atomic E-state index is -7.22. The fourth-order valence-corrected chi connectivity index (χ4v) is 7.51. The van der Waals surface area contributed by atoms with Gasteiger partial charge in [0.1, 0.15) is 52.7 Å². The predicted octanol–water partition coefficient (Wildman–Crippen LogP) is 9.53. The highest BCUT2D eigenvalue weighted by atomic mass is 19.4. The predicted molar refractivity (Wildman–Crippen MR) is 196 cm³/mol. The molecule has 71 heavy (non-hydrogen) atoms. The van der Waals surface area contributed by atoms with E-state index in [1.165, 1.54) is 16.8 Å². The van der Waals surface area contributed by atoms with Gasteiger partial charge in [0.25, 0.3) is 5.69 Å². The van der Waals surface area contributed by atoms with Crippen LogP contribution in [0.1, 0.15) is 20.8 Å². The summed E-state index contributed by atoms with van der Waals surface area (Å²) in [5.41, 5.74) is -14.3. The molecule has 0 radical (unpaired) electrons. The molecule has 28 heteroatoms. The van der Waals surface area contributed by atoms with Crippen molar-refractivity contribution in [3.05, 3.63) is 194 Å². The molecule has 0 aliphatic heterocycles. The Hall–Kier alpha value is -7.68. The van der Waals surface area contributed by atoms with Crippen molar-refractivity contribution in [1.82, 2.24) is 0 Å². The molecule has 7 aromatic rings. The Morgan fingerprint density at radius 2 is 0.704 bits per heavy atom. The summed E-state index contributed by atoms with van der Waals surface area (Å²) in [5.74, 6) is -73.3. The molecule has 0 saturated heterocycles. The van der Waals surface area contributed by atoms with E-state index in [0.29, 0.717) is 10.9 Å². The number of carbonyl (C=O) groups excluding carboxylic acids is 2. The van der Waals surface area contributed by atoms with Gasteiger partial charge >= 0.3 is 12.3 Å². The van der Waals surface area contributed by atoms with Crippen molar-refractivity contribution in [3.63, 3.8) is 0 Å². The van der Waals surface area contributed by atoms with Gasteiger partial charge in [0.2, 0.25) is 12.3 Å². The maximum atomic E-state index is 15.4. The van der Waals surface area contributed by atoms with E-state index in [1.54, 1.807) is 54.6 Å². The van der Waals surface area contributed by atoms with Crippen molar-refractivity contribution in [1.29, 1.82) is 0 Å². The molecule has 0 bridgehead atoms. The molecule has 0 fully saturated rings. The van der Waals surface area contributed by atoms with Gasteiger partial charge in [0, 0.05) is 11.6 Å². The number of ketones is 1. The van der Waals surface area contributed by atoms with Crippen molar-refractivity contribution in [2.45, 2.75) is 12.9 Å². The van der Waals surface area contributed by atoms with Crippen LogP contribution in [0.3, 0.4) is 0 Å². The van der Waals surface area contributed by atoms with E-state index < -0.39 is 157 Å². The number of halogens is 23. The van der Waals surface area contributed by atoms with E-state index in [0.717, 1.165) is 0 Å². The fourth-order valence-electron chi connectivity index (χ4n) is 7.51. The van der Waals surface area contributed by atoms with Crippen LogP contribution >= 0.6 is 0 Å². The third-order valence-corrected chi connectivity index (χ3v) is 10.5. The molecule has 0 unspecified atom stereocenters. The summed E-state index contributed by atoms with van der Waals surface area (Å²) < 4.78 is 336. The largest absolute Gasteiger partial charge is 0.575 e. The van der Waals surface area contributed by atoms with Gasteiger partial charge in [-0.1, -0.05) is 48.5 Å². The number of pyridine rings is 1. The van der Waals surface area contributed by atoms with E-state index in [-0.39, 0.29) is 23.4 Å². The van der Waals surface area contributed by atoms with Crippen LogP contribution in [-0.2, 0) is 11.3 Å². The summed E-state index contributed by atoms with van der Waals surface area (Å²) >= 11 is 0. The minimum absolute atomic E-state index is 0.269. The molecule has 0 amide bonds. The highest BCUT2D eigenvalue weighted by Crippen LogP contribution is 2.31. The Morgan fingerprint density at radius 1 is 0.408 bits per heavy atom. The first-order valence-electron chi connectivity index (χ1n) is 18.6. The molecule has 1 aromatic heterocycles. The number of aromatic nitrogens is 1. The van der Waals surface area contributed by atoms with E-state index in [2.05, 4.69) is 4.74 Å². The molecule has 4 nitrogen and oxygen atoms in total. The molecule has 1 heterocycles. The van der Waals surface area contributed by atoms with Crippen molar-refractivity contribution in [3.8, 4) is 0 Å². The van der Waals surface area contributed by atoms with E-state index in [9.17, 15) is 75.4 Å². The zero-order chi connectivity index (χ0) is 53.1. The monoisotopic (exact) mass is 1040 g/mol. The molecular weight excluding hydrogens is 1030 g/mol. The number of benzene rings is 6. The van der Waals surface area contributed by atoms with Crippen LogP contribution in [-0.4, -0.2) is 24.3 Å². The molecule has 0 saturated carbocycles. The molecule has 0 atom stereocenters. The van der Waals surface area contributed by atoms with Crippen LogP contribution < -0.4 is 26.4 Å². The summed E-state index contributed by atoms with van der Waals surface area (Å²) in [6.07, 6.45) is -10.9. The quantitative estimate of drug-likeness (QED) is 0.0290. The Labute approximate surface area is 377 Å². The molecular formula is C43H13BF23NO3. The number of carbonyl (C=O) groups is 2.